The highest BCUT2D eigenvalue weighted by atomic mass is 16.3. The van der Waals surface area contributed by atoms with Crippen LogP contribution in [0.4, 0.5) is 0 Å². The molecule has 1 aromatic carbocycles. The molecular weight excluding hydrogens is 192 g/mol. The van der Waals surface area contributed by atoms with Gasteiger partial charge in [-0.1, -0.05) is 12.1 Å². The molecule has 0 aliphatic heterocycles. The molecule has 5 nitrogen and oxygen atoms in total. The lowest BCUT2D eigenvalue weighted by molar-refractivity contribution is 0.479. The van der Waals surface area contributed by atoms with E-state index < -0.39 is 0 Å². The monoisotopic (exact) mass is 200 g/mol. The van der Waals surface area contributed by atoms with Crippen LogP contribution >= 0.6 is 0 Å². The maximum absolute atomic E-state index is 9.80. The Hall–Kier alpha value is -2.17. The normalized spacial score (nSPS) is 11.3. The average molecular weight is 200 g/mol. The molecule has 74 valence electrons. The predicted molar refractivity (Wildman–Crippen MR) is 54.7 cm³/mol. The lowest BCUT2D eigenvalue weighted by Gasteiger charge is -2.04. The average Bonchev–Trinajstić information content (AvgIpc) is 2.66. The van der Waals surface area contributed by atoms with Gasteiger partial charge in [0.05, 0.1) is 0 Å². The zero-order valence-electron chi connectivity index (χ0n) is 8.05. The number of pyridine rings is 1. The number of hydrogen-bond donors (Lipinski definition) is 1. The van der Waals surface area contributed by atoms with E-state index in [1.54, 1.807) is 12.1 Å². The van der Waals surface area contributed by atoms with Crippen molar-refractivity contribution in [3.05, 3.63) is 29.8 Å². The van der Waals surface area contributed by atoms with Crippen molar-refractivity contribution in [1.29, 1.82) is 0 Å². The number of phenolic OH excluding ortho intramolecular Hbond substituents is 1. The van der Waals surface area contributed by atoms with E-state index in [0.717, 1.165) is 10.9 Å². The van der Waals surface area contributed by atoms with E-state index in [1.165, 1.54) is 4.52 Å². The summed E-state index contributed by atoms with van der Waals surface area (Å²) in [7, 11) is 0. The van der Waals surface area contributed by atoms with Gasteiger partial charge in [-0.3, -0.25) is 0 Å². The standard InChI is InChI=1S/C10H8N4O/c1-6-5-9-11-12-13-14(9)10-7(6)3-2-4-8(10)15/h2-5,15H,1H3. The van der Waals surface area contributed by atoms with Crippen LogP contribution in [0.2, 0.25) is 0 Å². The fourth-order valence-corrected chi connectivity index (χ4v) is 1.79. The number of aryl methyl sites for hydroxylation is 1. The van der Waals surface area contributed by atoms with Crippen LogP contribution in [0.1, 0.15) is 5.56 Å². The van der Waals surface area contributed by atoms with Gasteiger partial charge in [0.25, 0.3) is 0 Å². The van der Waals surface area contributed by atoms with Crippen molar-refractivity contribution < 1.29 is 5.11 Å². The molecule has 5 heteroatoms. The Morgan fingerprint density at radius 1 is 1.33 bits per heavy atom. The van der Waals surface area contributed by atoms with Crippen LogP contribution < -0.4 is 0 Å². The van der Waals surface area contributed by atoms with Crippen LogP contribution in [0.5, 0.6) is 5.75 Å². The number of para-hydroxylation sites is 1. The quantitative estimate of drug-likeness (QED) is 0.594. The second-order valence-electron chi connectivity index (χ2n) is 3.45. The molecular formula is C10H8N4O. The fourth-order valence-electron chi connectivity index (χ4n) is 1.79. The number of fused-ring (bicyclic) bond motifs is 3. The van der Waals surface area contributed by atoms with Crippen molar-refractivity contribution in [2.75, 3.05) is 0 Å². The predicted octanol–water partition coefficient (Wildman–Crippen LogP) is 1.29. The van der Waals surface area contributed by atoms with Crippen LogP contribution in [0.15, 0.2) is 24.3 Å². The van der Waals surface area contributed by atoms with Crippen molar-refractivity contribution in [2.45, 2.75) is 6.92 Å². The summed E-state index contributed by atoms with van der Waals surface area (Å²) in [5, 5.41) is 22.0. The molecule has 0 radical (unpaired) electrons. The van der Waals surface area contributed by atoms with Gasteiger partial charge in [-0.2, -0.15) is 4.52 Å². The van der Waals surface area contributed by atoms with Gasteiger partial charge >= 0.3 is 0 Å². The number of benzene rings is 1. The fraction of sp³-hybridized carbons (Fsp3) is 0.100. The number of nitrogens with zero attached hydrogens (tertiary/aromatic N) is 4. The first-order chi connectivity index (χ1) is 7.27. The van der Waals surface area contributed by atoms with E-state index in [2.05, 4.69) is 15.5 Å². The zero-order valence-corrected chi connectivity index (χ0v) is 8.05. The summed E-state index contributed by atoms with van der Waals surface area (Å²) in [4.78, 5) is 0. The SMILES string of the molecule is Cc1cc2nnnn2c2c(O)cccc12. The summed E-state index contributed by atoms with van der Waals surface area (Å²) < 4.78 is 1.54. The molecule has 0 amide bonds. The molecule has 0 aliphatic rings. The lowest BCUT2D eigenvalue weighted by Crippen LogP contribution is -1.93. The van der Waals surface area contributed by atoms with E-state index in [4.69, 9.17) is 0 Å². The maximum atomic E-state index is 9.80. The molecule has 0 bridgehead atoms. The van der Waals surface area contributed by atoms with Gasteiger partial charge in [0.15, 0.2) is 5.65 Å². The van der Waals surface area contributed by atoms with E-state index in [-0.39, 0.29) is 5.75 Å². The molecule has 3 rings (SSSR count). The molecule has 0 fully saturated rings. The molecule has 2 aromatic heterocycles. The number of aromatic hydroxyl groups is 1. The first kappa shape index (κ1) is 8.16. The van der Waals surface area contributed by atoms with Crippen molar-refractivity contribution >= 4 is 16.6 Å². The van der Waals surface area contributed by atoms with E-state index >= 15 is 0 Å². The third-order valence-corrected chi connectivity index (χ3v) is 2.49. The molecule has 0 atom stereocenters. The topological polar surface area (TPSA) is 63.3 Å². The van der Waals surface area contributed by atoms with Crippen LogP contribution in [0, 0.1) is 6.92 Å². The van der Waals surface area contributed by atoms with E-state index in [9.17, 15) is 5.11 Å². The molecule has 1 N–H and O–H groups in total. The number of tetrazole rings is 1. The van der Waals surface area contributed by atoms with Gasteiger partial charge in [0.2, 0.25) is 0 Å². The lowest BCUT2D eigenvalue weighted by atomic mass is 10.1. The second-order valence-corrected chi connectivity index (χ2v) is 3.45. The summed E-state index contributed by atoms with van der Waals surface area (Å²) in [6, 6.07) is 7.26. The Labute approximate surface area is 85.0 Å². The molecule has 0 saturated heterocycles. The highest BCUT2D eigenvalue weighted by Gasteiger charge is 2.09. The van der Waals surface area contributed by atoms with Crippen molar-refractivity contribution in [3.63, 3.8) is 0 Å². The summed E-state index contributed by atoms with van der Waals surface area (Å²) >= 11 is 0. The van der Waals surface area contributed by atoms with E-state index in [1.807, 2.05) is 19.1 Å². The Kier molecular flexibility index (Phi) is 1.45. The van der Waals surface area contributed by atoms with Crippen LogP contribution in [0.25, 0.3) is 16.6 Å². The van der Waals surface area contributed by atoms with Gasteiger partial charge in [-0.15, -0.1) is 5.10 Å². The molecule has 3 aromatic rings. The number of hydrogen-bond acceptors (Lipinski definition) is 4. The van der Waals surface area contributed by atoms with Gasteiger partial charge < -0.3 is 5.11 Å². The number of phenols is 1. The molecule has 0 unspecified atom stereocenters. The minimum absolute atomic E-state index is 0.188. The smallest absolute Gasteiger partial charge is 0.180 e. The van der Waals surface area contributed by atoms with Gasteiger partial charge in [0, 0.05) is 5.39 Å². The van der Waals surface area contributed by atoms with Gasteiger partial charge in [-0.25, -0.2) is 0 Å². The summed E-state index contributed by atoms with van der Waals surface area (Å²) in [5.41, 5.74) is 2.34. The minimum atomic E-state index is 0.188. The van der Waals surface area contributed by atoms with Crippen LogP contribution in [0.3, 0.4) is 0 Å². The Morgan fingerprint density at radius 3 is 3.07 bits per heavy atom. The van der Waals surface area contributed by atoms with E-state index in [0.29, 0.717) is 11.2 Å². The number of aromatic nitrogens is 4. The molecule has 0 aliphatic carbocycles. The molecule has 0 saturated carbocycles. The highest BCUT2D eigenvalue weighted by molar-refractivity contribution is 5.89. The van der Waals surface area contributed by atoms with Crippen LogP contribution in [-0.2, 0) is 0 Å². The zero-order chi connectivity index (χ0) is 10.4. The van der Waals surface area contributed by atoms with Crippen molar-refractivity contribution in [1.82, 2.24) is 20.0 Å². The van der Waals surface area contributed by atoms with Crippen molar-refractivity contribution in [3.8, 4) is 5.75 Å². The van der Waals surface area contributed by atoms with Crippen LogP contribution in [-0.4, -0.2) is 25.1 Å². The van der Waals surface area contributed by atoms with Crippen molar-refractivity contribution in [2.24, 2.45) is 0 Å². The van der Waals surface area contributed by atoms with Gasteiger partial charge in [0.1, 0.15) is 11.3 Å². The largest absolute Gasteiger partial charge is 0.506 e. The third kappa shape index (κ3) is 0.999. The first-order valence-electron chi connectivity index (χ1n) is 4.57. The second kappa shape index (κ2) is 2.66. The molecule has 2 heterocycles. The summed E-state index contributed by atoms with van der Waals surface area (Å²) in [5.74, 6) is 0.188. The minimum Gasteiger partial charge on any atom is -0.506 e. The summed E-state index contributed by atoms with van der Waals surface area (Å²) in [6.07, 6.45) is 0. The first-order valence-corrected chi connectivity index (χ1v) is 4.57. The third-order valence-electron chi connectivity index (χ3n) is 2.49. The summed E-state index contributed by atoms with van der Waals surface area (Å²) in [6.45, 7) is 1.97. The Bertz CT molecular complexity index is 659. The molecule has 15 heavy (non-hydrogen) atoms. The van der Waals surface area contributed by atoms with Gasteiger partial charge in [-0.05, 0) is 35.0 Å². The number of rotatable bonds is 0. The Morgan fingerprint density at radius 2 is 2.20 bits per heavy atom. The Balaban J connectivity index is 2.69. The maximum Gasteiger partial charge on any atom is 0.180 e. The highest BCUT2D eigenvalue weighted by Crippen LogP contribution is 2.26. The molecule has 0 spiro atoms.